The highest BCUT2D eigenvalue weighted by Crippen LogP contribution is 2.22. The number of anilines is 2. The van der Waals surface area contributed by atoms with E-state index in [0.717, 1.165) is 12.8 Å². The molecule has 82 valence electrons. The van der Waals surface area contributed by atoms with E-state index in [1.54, 1.807) is 0 Å². The van der Waals surface area contributed by atoms with E-state index in [9.17, 15) is 4.79 Å². The number of aromatic nitrogens is 2. The van der Waals surface area contributed by atoms with Gasteiger partial charge >= 0.3 is 12.0 Å². The van der Waals surface area contributed by atoms with Crippen molar-refractivity contribution < 1.29 is 9.21 Å². The van der Waals surface area contributed by atoms with Gasteiger partial charge in [0.2, 0.25) is 5.91 Å². The first kappa shape index (κ1) is 9.75. The van der Waals surface area contributed by atoms with E-state index in [1.165, 1.54) is 0 Å². The normalized spacial score (nSPS) is 18.0. The zero-order valence-corrected chi connectivity index (χ0v) is 8.22. The zero-order chi connectivity index (χ0) is 10.8. The maximum Gasteiger partial charge on any atom is 0.319 e. The molecule has 7 heteroatoms. The van der Waals surface area contributed by atoms with E-state index in [2.05, 4.69) is 10.2 Å². The van der Waals surface area contributed by atoms with E-state index in [1.807, 2.05) is 4.90 Å². The summed E-state index contributed by atoms with van der Waals surface area (Å²) in [6, 6.07) is 0.470. The molecule has 0 bridgehead atoms. The van der Waals surface area contributed by atoms with Crippen molar-refractivity contribution in [3.63, 3.8) is 0 Å². The molecule has 0 spiro atoms. The number of amides is 1. The zero-order valence-electron chi connectivity index (χ0n) is 8.22. The van der Waals surface area contributed by atoms with Gasteiger partial charge in [-0.05, 0) is 12.8 Å². The van der Waals surface area contributed by atoms with Gasteiger partial charge in [0.05, 0.1) is 0 Å². The number of nitrogens with two attached hydrogens (primary N) is 2. The molecule has 0 aromatic carbocycles. The standard InChI is InChI=1S/C8H13N5O2/c9-6(14)5-1-3-13(4-2-5)8-12-11-7(10)15-8/h5H,1-4H2,(H2,9,14)(H2,10,11). The molecule has 7 nitrogen and oxygen atoms in total. The predicted molar refractivity (Wildman–Crippen MR) is 52.8 cm³/mol. The minimum Gasteiger partial charge on any atom is -0.390 e. The van der Waals surface area contributed by atoms with Crippen molar-refractivity contribution in [1.82, 2.24) is 10.2 Å². The molecule has 15 heavy (non-hydrogen) atoms. The first-order valence-electron chi connectivity index (χ1n) is 4.80. The van der Waals surface area contributed by atoms with Gasteiger partial charge in [-0.1, -0.05) is 10.2 Å². The lowest BCUT2D eigenvalue weighted by Crippen LogP contribution is -2.38. The molecular formula is C8H13N5O2. The number of nitrogen functional groups attached to an aromatic ring is 1. The van der Waals surface area contributed by atoms with Crippen molar-refractivity contribution in [3.05, 3.63) is 0 Å². The lowest BCUT2D eigenvalue weighted by atomic mass is 9.97. The summed E-state index contributed by atoms with van der Waals surface area (Å²) in [7, 11) is 0. The molecule has 0 saturated carbocycles. The first-order valence-corrected chi connectivity index (χ1v) is 4.80. The SMILES string of the molecule is NC(=O)C1CCN(c2nnc(N)o2)CC1. The number of piperidine rings is 1. The van der Waals surface area contributed by atoms with Crippen molar-refractivity contribution >= 4 is 17.9 Å². The second-order valence-electron chi connectivity index (χ2n) is 3.59. The van der Waals surface area contributed by atoms with Crippen LogP contribution < -0.4 is 16.4 Å². The Morgan fingerprint density at radius 2 is 2.07 bits per heavy atom. The molecule has 1 fully saturated rings. The van der Waals surface area contributed by atoms with Crippen molar-refractivity contribution in [2.24, 2.45) is 11.7 Å². The van der Waals surface area contributed by atoms with Crippen LogP contribution in [-0.2, 0) is 4.79 Å². The molecular weight excluding hydrogens is 198 g/mol. The summed E-state index contributed by atoms with van der Waals surface area (Å²) in [6.45, 7) is 1.38. The second kappa shape index (κ2) is 3.76. The number of carbonyl (C=O) groups excluding carboxylic acids is 1. The number of primary amides is 1. The third-order valence-electron chi connectivity index (χ3n) is 2.60. The molecule has 0 unspecified atom stereocenters. The Morgan fingerprint density at radius 1 is 1.40 bits per heavy atom. The molecule has 0 atom stereocenters. The van der Waals surface area contributed by atoms with Crippen molar-refractivity contribution in [3.8, 4) is 0 Å². The number of nitrogens with zero attached hydrogens (tertiary/aromatic N) is 3. The highest BCUT2D eigenvalue weighted by molar-refractivity contribution is 5.76. The largest absolute Gasteiger partial charge is 0.390 e. The molecule has 1 aliphatic heterocycles. The highest BCUT2D eigenvalue weighted by Gasteiger charge is 2.25. The van der Waals surface area contributed by atoms with Gasteiger partial charge in [0.25, 0.3) is 0 Å². The van der Waals surface area contributed by atoms with Crippen molar-refractivity contribution in [2.45, 2.75) is 12.8 Å². The van der Waals surface area contributed by atoms with Crippen LogP contribution in [0.3, 0.4) is 0 Å². The molecule has 4 N–H and O–H groups in total. The topological polar surface area (TPSA) is 111 Å². The monoisotopic (exact) mass is 211 g/mol. The number of hydrogen-bond donors (Lipinski definition) is 2. The summed E-state index contributed by atoms with van der Waals surface area (Å²) in [4.78, 5) is 12.8. The van der Waals surface area contributed by atoms with Crippen LogP contribution in [0.5, 0.6) is 0 Å². The van der Waals surface area contributed by atoms with Crippen molar-refractivity contribution in [2.75, 3.05) is 23.7 Å². The van der Waals surface area contributed by atoms with E-state index in [4.69, 9.17) is 15.9 Å². The first-order chi connectivity index (χ1) is 7.16. The van der Waals surface area contributed by atoms with Crippen LogP contribution in [0.4, 0.5) is 12.0 Å². The summed E-state index contributed by atoms with van der Waals surface area (Å²) in [6.07, 6.45) is 1.44. The molecule has 1 aromatic rings. The quantitative estimate of drug-likeness (QED) is 0.672. The van der Waals surface area contributed by atoms with Gasteiger partial charge in [0.1, 0.15) is 0 Å². The highest BCUT2D eigenvalue weighted by atomic mass is 16.4. The Bertz CT molecular complexity index is 356. The van der Waals surface area contributed by atoms with Crippen LogP contribution in [0.25, 0.3) is 0 Å². The van der Waals surface area contributed by atoms with E-state index in [-0.39, 0.29) is 17.8 Å². The Hall–Kier alpha value is -1.79. The Balaban J connectivity index is 1.96. The van der Waals surface area contributed by atoms with Crippen LogP contribution in [0, 0.1) is 5.92 Å². The third kappa shape index (κ3) is 2.00. The summed E-state index contributed by atoms with van der Waals surface area (Å²) >= 11 is 0. The molecule has 0 aliphatic carbocycles. The van der Waals surface area contributed by atoms with Crippen LogP contribution in [0.2, 0.25) is 0 Å². The predicted octanol–water partition coefficient (Wildman–Crippen LogP) is -0.647. The lowest BCUT2D eigenvalue weighted by Gasteiger charge is -2.28. The fourth-order valence-electron chi connectivity index (χ4n) is 1.71. The third-order valence-corrected chi connectivity index (χ3v) is 2.60. The van der Waals surface area contributed by atoms with Gasteiger partial charge in [-0.3, -0.25) is 4.79 Å². The van der Waals surface area contributed by atoms with Crippen LogP contribution in [0.1, 0.15) is 12.8 Å². The molecule has 0 radical (unpaired) electrons. The summed E-state index contributed by atoms with van der Waals surface area (Å²) in [5, 5.41) is 7.35. The minimum atomic E-state index is -0.236. The summed E-state index contributed by atoms with van der Waals surface area (Å²) < 4.78 is 5.08. The van der Waals surface area contributed by atoms with Crippen LogP contribution in [-0.4, -0.2) is 29.2 Å². The molecule has 2 rings (SSSR count). The molecule has 1 aliphatic rings. The van der Waals surface area contributed by atoms with E-state index in [0.29, 0.717) is 19.1 Å². The smallest absolute Gasteiger partial charge is 0.319 e. The molecule has 1 aromatic heterocycles. The number of rotatable bonds is 2. The van der Waals surface area contributed by atoms with Gasteiger partial charge < -0.3 is 20.8 Å². The van der Waals surface area contributed by atoms with Gasteiger partial charge in [-0.15, -0.1) is 0 Å². The second-order valence-corrected chi connectivity index (χ2v) is 3.59. The van der Waals surface area contributed by atoms with Gasteiger partial charge in [-0.25, -0.2) is 0 Å². The van der Waals surface area contributed by atoms with Crippen molar-refractivity contribution in [1.29, 1.82) is 0 Å². The van der Waals surface area contributed by atoms with Gasteiger partial charge in [0.15, 0.2) is 0 Å². The Labute approximate surface area is 86.4 Å². The fraction of sp³-hybridized carbons (Fsp3) is 0.625. The van der Waals surface area contributed by atoms with Gasteiger partial charge in [-0.2, -0.15) is 0 Å². The lowest BCUT2D eigenvalue weighted by molar-refractivity contribution is -0.122. The maximum absolute atomic E-state index is 10.9. The van der Waals surface area contributed by atoms with Crippen LogP contribution in [0.15, 0.2) is 4.42 Å². The Kier molecular flexibility index (Phi) is 2.44. The summed E-state index contributed by atoms with van der Waals surface area (Å²) in [5.41, 5.74) is 10.5. The summed E-state index contributed by atoms with van der Waals surface area (Å²) in [5.74, 6) is -0.277. The molecule has 2 heterocycles. The van der Waals surface area contributed by atoms with E-state index >= 15 is 0 Å². The fourth-order valence-corrected chi connectivity index (χ4v) is 1.71. The van der Waals surface area contributed by atoms with E-state index < -0.39 is 0 Å². The molecule has 1 saturated heterocycles. The number of carbonyl (C=O) groups is 1. The average molecular weight is 211 g/mol. The molecule has 1 amide bonds. The average Bonchev–Trinajstić information content (AvgIpc) is 2.65. The van der Waals surface area contributed by atoms with Gasteiger partial charge in [0, 0.05) is 19.0 Å². The number of hydrogen-bond acceptors (Lipinski definition) is 6. The minimum absolute atomic E-state index is 0.0403. The Morgan fingerprint density at radius 3 is 2.53 bits per heavy atom. The maximum atomic E-state index is 10.9. The van der Waals surface area contributed by atoms with Crippen LogP contribution >= 0.6 is 0 Å².